The number of fused-ring (bicyclic) bond motifs is 2. The molecule has 0 saturated carbocycles. The van der Waals surface area contributed by atoms with Gasteiger partial charge in [0.05, 0.1) is 23.4 Å². The molecular formula is C29H23F2N7. The van der Waals surface area contributed by atoms with Crippen LogP contribution in [0, 0.1) is 0 Å². The van der Waals surface area contributed by atoms with Gasteiger partial charge in [0.1, 0.15) is 11.3 Å². The first kappa shape index (κ1) is 22.7. The molecule has 1 saturated heterocycles. The van der Waals surface area contributed by atoms with E-state index in [1.54, 1.807) is 29.7 Å². The molecule has 0 atom stereocenters. The van der Waals surface area contributed by atoms with Gasteiger partial charge in [0.2, 0.25) is 0 Å². The van der Waals surface area contributed by atoms with E-state index in [9.17, 15) is 8.78 Å². The minimum atomic E-state index is -2.61. The topological polar surface area (TPSA) is 86.4 Å². The van der Waals surface area contributed by atoms with Crippen molar-refractivity contribution in [2.24, 2.45) is 0 Å². The maximum Gasteiger partial charge on any atom is 0.261 e. The normalized spacial score (nSPS) is 15.5. The molecule has 0 radical (unpaired) electrons. The summed E-state index contributed by atoms with van der Waals surface area (Å²) in [6, 6.07) is 18.0. The summed E-state index contributed by atoms with van der Waals surface area (Å²) in [4.78, 5) is 18.6. The fourth-order valence-corrected chi connectivity index (χ4v) is 5.23. The van der Waals surface area contributed by atoms with Crippen LogP contribution in [-0.4, -0.2) is 54.0 Å². The molecule has 0 bridgehead atoms. The molecule has 7 rings (SSSR count). The summed E-state index contributed by atoms with van der Waals surface area (Å²) in [5.41, 5.74) is 8.00. The quantitative estimate of drug-likeness (QED) is 0.296. The first-order valence-corrected chi connectivity index (χ1v) is 12.4. The number of rotatable bonds is 5. The van der Waals surface area contributed by atoms with E-state index < -0.39 is 5.92 Å². The molecule has 1 aromatic carbocycles. The van der Waals surface area contributed by atoms with E-state index in [0.717, 1.165) is 61.3 Å². The Bertz CT molecular complexity index is 1770. The van der Waals surface area contributed by atoms with Gasteiger partial charge >= 0.3 is 0 Å². The number of likely N-dealkylation sites (tertiary alicyclic amines) is 1. The standard InChI is InChI=1S/C29H23F2N7/c30-29(31)7-10-38(17-29)16-18-11-20(15-32-14-18)19-4-5-25-23(12-19)27(37-36-25)26-13-22-21(6-9-34-28(22)35-26)24-3-1-2-8-33-24/h1-6,8-9,11-15H,7,10,16-17H2,(H,34,35)(H,36,37). The number of halogens is 2. The first-order valence-electron chi connectivity index (χ1n) is 12.4. The number of aromatic amines is 2. The van der Waals surface area contributed by atoms with Crippen LogP contribution >= 0.6 is 0 Å². The van der Waals surface area contributed by atoms with E-state index in [1.165, 1.54) is 0 Å². The smallest absolute Gasteiger partial charge is 0.261 e. The van der Waals surface area contributed by atoms with Crippen LogP contribution in [0.1, 0.15) is 12.0 Å². The molecule has 0 amide bonds. The summed E-state index contributed by atoms with van der Waals surface area (Å²) in [5, 5.41) is 9.66. The molecule has 1 aliphatic heterocycles. The largest absolute Gasteiger partial charge is 0.338 e. The van der Waals surface area contributed by atoms with Crippen LogP contribution in [0.25, 0.3) is 55.7 Å². The molecule has 1 fully saturated rings. The Morgan fingerprint density at radius 1 is 0.921 bits per heavy atom. The summed E-state index contributed by atoms with van der Waals surface area (Å²) in [5.74, 6) is -2.61. The summed E-state index contributed by atoms with van der Waals surface area (Å²) >= 11 is 0. The van der Waals surface area contributed by atoms with Crippen LogP contribution in [0.15, 0.2) is 79.4 Å². The number of hydrogen-bond donors (Lipinski definition) is 2. The van der Waals surface area contributed by atoms with Crippen molar-refractivity contribution in [3.05, 3.63) is 84.9 Å². The van der Waals surface area contributed by atoms with Crippen LogP contribution in [-0.2, 0) is 6.54 Å². The van der Waals surface area contributed by atoms with Crippen molar-refractivity contribution in [3.63, 3.8) is 0 Å². The molecule has 1 aliphatic rings. The first-order chi connectivity index (χ1) is 18.5. The molecule has 38 heavy (non-hydrogen) atoms. The minimum Gasteiger partial charge on any atom is -0.338 e. The summed E-state index contributed by atoms with van der Waals surface area (Å²) in [6.45, 7) is 0.641. The van der Waals surface area contributed by atoms with Crippen molar-refractivity contribution >= 4 is 21.9 Å². The molecule has 6 heterocycles. The average Bonchev–Trinajstić information content (AvgIpc) is 3.64. The number of alkyl halides is 2. The number of hydrogen-bond acceptors (Lipinski definition) is 5. The van der Waals surface area contributed by atoms with Gasteiger partial charge in [-0.25, -0.2) is 13.8 Å². The van der Waals surface area contributed by atoms with Crippen molar-refractivity contribution in [1.29, 1.82) is 0 Å². The zero-order valence-electron chi connectivity index (χ0n) is 20.3. The maximum atomic E-state index is 13.6. The summed E-state index contributed by atoms with van der Waals surface area (Å²) < 4.78 is 27.3. The maximum absolute atomic E-state index is 13.6. The van der Waals surface area contributed by atoms with Gasteiger partial charge in [-0.1, -0.05) is 12.1 Å². The summed E-state index contributed by atoms with van der Waals surface area (Å²) in [6.07, 6.45) is 7.01. The van der Waals surface area contributed by atoms with Crippen LogP contribution in [0.2, 0.25) is 0 Å². The zero-order chi connectivity index (χ0) is 25.7. The lowest BCUT2D eigenvalue weighted by Gasteiger charge is -2.15. The van der Waals surface area contributed by atoms with Crippen molar-refractivity contribution in [2.75, 3.05) is 13.1 Å². The van der Waals surface area contributed by atoms with Gasteiger partial charge in [-0.2, -0.15) is 5.10 Å². The highest BCUT2D eigenvalue weighted by Gasteiger charge is 2.37. The molecule has 0 unspecified atom stereocenters. The SMILES string of the molecule is FC1(F)CCN(Cc2cncc(-c3ccc4[nH]nc(-c5cc6c(-c7ccccn7)ccnc6[nH]5)c4c3)c2)C1. The third-order valence-electron chi connectivity index (χ3n) is 7.07. The number of aromatic nitrogens is 6. The van der Waals surface area contributed by atoms with E-state index in [4.69, 9.17) is 0 Å². The fraction of sp³-hybridized carbons (Fsp3) is 0.172. The number of H-pyrrole nitrogens is 2. The Morgan fingerprint density at radius 3 is 2.71 bits per heavy atom. The van der Waals surface area contributed by atoms with Crippen LogP contribution in [0.3, 0.4) is 0 Å². The van der Waals surface area contributed by atoms with Crippen LogP contribution in [0.4, 0.5) is 8.78 Å². The van der Waals surface area contributed by atoms with E-state index >= 15 is 0 Å². The third kappa shape index (κ3) is 4.10. The minimum absolute atomic E-state index is 0.0906. The van der Waals surface area contributed by atoms with Crippen LogP contribution in [0.5, 0.6) is 0 Å². The molecular weight excluding hydrogens is 484 g/mol. The highest BCUT2D eigenvalue weighted by atomic mass is 19.3. The van der Waals surface area contributed by atoms with Gasteiger partial charge in [0.25, 0.3) is 5.92 Å². The number of benzene rings is 1. The average molecular weight is 508 g/mol. The van der Waals surface area contributed by atoms with E-state index in [1.807, 2.05) is 42.5 Å². The van der Waals surface area contributed by atoms with Gasteiger partial charge in [0, 0.05) is 66.2 Å². The molecule has 0 aliphatic carbocycles. The Labute approximate surface area is 216 Å². The second-order valence-corrected chi connectivity index (χ2v) is 9.75. The number of nitrogens with zero attached hydrogens (tertiary/aromatic N) is 5. The lowest BCUT2D eigenvalue weighted by molar-refractivity contribution is 0.0115. The molecule has 2 N–H and O–H groups in total. The fourth-order valence-electron chi connectivity index (χ4n) is 5.23. The zero-order valence-corrected chi connectivity index (χ0v) is 20.3. The molecule has 9 heteroatoms. The van der Waals surface area contributed by atoms with E-state index in [0.29, 0.717) is 13.1 Å². The van der Waals surface area contributed by atoms with Crippen molar-refractivity contribution < 1.29 is 8.78 Å². The lowest BCUT2D eigenvalue weighted by Crippen LogP contribution is -2.24. The molecule has 0 spiro atoms. The Balaban J connectivity index is 1.24. The number of nitrogens with one attached hydrogen (secondary N) is 2. The second kappa shape index (κ2) is 8.81. The lowest BCUT2D eigenvalue weighted by atomic mass is 10.0. The van der Waals surface area contributed by atoms with E-state index in [2.05, 4.69) is 42.3 Å². The summed E-state index contributed by atoms with van der Waals surface area (Å²) in [7, 11) is 0. The Kier molecular flexibility index (Phi) is 5.26. The predicted octanol–water partition coefficient (Wildman–Crippen LogP) is 6.07. The van der Waals surface area contributed by atoms with Crippen molar-refractivity contribution in [1.82, 2.24) is 35.0 Å². The van der Waals surface area contributed by atoms with Gasteiger partial charge < -0.3 is 4.98 Å². The number of pyridine rings is 3. The van der Waals surface area contributed by atoms with Gasteiger partial charge in [-0.05, 0) is 53.6 Å². The Morgan fingerprint density at radius 2 is 1.87 bits per heavy atom. The van der Waals surface area contributed by atoms with E-state index in [-0.39, 0.29) is 13.0 Å². The molecule has 7 nitrogen and oxygen atoms in total. The third-order valence-corrected chi connectivity index (χ3v) is 7.07. The van der Waals surface area contributed by atoms with Gasteiger partial charge in [-0.3, -0.25) is 20.0 Å². The second-order valence-electron chi connectivity index (χ2n) is 9.75. The predicted molar refractivity (Wildman–Crippen MR) is 142 cm³/mol. The van der Waals surface area contributed by atoms with Crippen molar-refractivity contribution in [3.8, 4) is 33.8 Å². The van der Waals surface area contributed by atoms with Gasteiger partial charge in [-0.15, -0.1) is 0 Å². The Hall–Kier alpha value is -4.50. The monoisotopic (exact) mass is 507 g/mol. The molecule has 6 aromatic rings. The van der Waals surface area contributed by atoms with Crippen LogP contribution < -0.4 is 0 Å². The van der Waals surface area contributed by atoms with Crippen molar-refractivity contribution in [2.45, 2.75) is 18.9 Å². The highest BCUT2D eigenvalue weighted by molar-refractivity contribution is 6.00. The molecule has 5 aromatic heterocycles. The highest BCUT2D eigenvalue weighted by Crippen LogP contribution is 2.34. The van der Waals surface area contributed by atoms with Gasteiger partial charge in [0.15, 0.2) is 0 Å². The molecule has 188 valence electrons.